The van der Waals surface area contributed by atoms with E-state index in [1.165, 1.54) is 0 Å². The van der Waals surface area contributed by atoms with Crippen LogP contribution in [0.2, 0.25) is 5.04 Å². The van der Waals surface area contributed by atoms with Crippen LogP contribution in [-0.2, 0) is 90.6 Å². The summed E-state index contributed by atoms with van der Waals surface area (Å²) < 4.78 is 104. The molecule has 12 rings (SSSR count). The van der Waals surface area contributed by atoms with Gasteiger partial charge in [0.05, 0.1) is 49.7 Å². The average molecular weight is 1350 g/mol. The van der Waals surface area contributed by atoms with Crippen LogP contribution in [0, 0.1) is 0 Å². The number of carbonyl (C=O) groups is 3. The van der Waals surface area contributed by atoms with Crippen LogP contribution in [0.25, 0.3) is 0 Å². The van der Waals surface area contributed by atoms with Gasteiger partial charge >= 0.3 is 17.9 Å². The molecule has 0 aliphatic carbocycles. The van der Waals surface area contributed by atoms with Crippen molar-refractivity contribution in [1.29, 1.82) is 0 Å². The number of hydrogen-bond donors (Lipinski definition) is 0. The second-order valence-corrected chi connectivity index (χ2v) is 30.3. The lowest BCUT2D eigenvalue weighted by Crippen LogP contribution is -2.69. The number of hydrogen-bond acceptors (Lipinski definition) is 18. The van der Waals surface area contributed by atoms with Gasteiger partial charge in [-0.3, -0.25) is 0 Å². The second-order valence-electron chi connectivity index (χ2n) is 26.1. The Morgan fingerprint density at radius 1 is 0.439 bits per heavy atom. The van der Waals surface area contributed by atoms with Crippen molar-refractivity contribution in [2.45, 2.75) is 151 Å². The van der Waals surface area contributed by atoms with Crippen molar-refractivity contribution in [2.24, 2.45) is 0 Å². The predicted octanol–water partition coefficient (Wildman–Crippen LogP) is 11.4. The first kappa shape index (κ1) is 69.8. The largest absolute Gasteiger partial charge is 0.459 e. The van der Waals surface area contributed by atoms with E-state index in [-0.39, 0.29) is 49.7 Å². The van der Waals surface area contributed by atoms with Gasteiger partial charge < -0.3 is 70.7 Å². The molecule has 8 aromatic rings. The molecule has 8 aromatic carbocycles. The van der Waals surface area contributed by atoms with Gasteiger partial charge in [0.15, 0.2) is 36.9 Å². The van der Waals surface area contributed by atoms with E-state index in [0.717, 1.165) is 27.1 Å². The number of ether oxygens (including phenoxy) is 14. The molecule has 0 spiro atoms. The van der Waals surface area contributed by atoms with Crippen LogP contribution in [-0.4, -0.2) is 145 Å². The van der Waals surface area contributed by atoms with E-state index >= 15 is 0 Å². The zero-order valence-electron chi connectivity index (χ0n) is 55.8. The Kier molecular flexibility index (Phi) is 23.0. The van der Waals surface area contributed by atoms with E-state index < -0.39 is 130 Å². The Morgan fingerprint density at radius 2 is 0.857 bits per heavy atom. The maximum atomic E-state index is 14.8. The maximum absolute atomic E-state index is 14.8. The molecule has 4 saturated heterocycles. The molecule has 0 amide bonds. The van der Waals surface area contributed by atoms with E-state index in [1.54, 1.807) is 98.1 Å². The minimum absolute atomic E-state index is 0.0722. The molecule has 0 aromatic heterocycles. The molecular formula is C79H84O18Si. The fourth-order valence-corrected chi connectivity index (χ4v) is 17.8. The minimum atomic E-state index is -3.67. The zero-order chi connectivity index (χ0) is 68.1. The summed E-state index contributed by atoms with van der Waals surface area (Å²) in [4.78, 5) is 43.2. The molecule has 0 bridgehead atoms. The van der Waals surface area contributed by atoms with Crippen molar-refractivity contribution in [3.05, 3.63) is 276 Å². The van der Waals surface area contributed by atoms with Gasteiger partial charge in [0.1, 0.15) is 61.5 Å². The summed E-state index contributed by atoms with van der Waals surface area (Å²) in [5.74, 6) is -3.32. The first-order chi connectivity index (χ1) is 47.6. The Hall–Kier alpha value is -8.09. The standard InChI is InChI=1S/C79H84O18Si/c1-78(2,3)98(59-43-27-13-28-44-59,60-45-29-14-30-46-60)97-68-66(63-52-89-79(4,5)96-63)94-76(88-51-61-64(84-47-53-31-15-7-16-32-53)67(85-48-54-33-17-8-18-34-54)69(75(83-6)90-61)86-49-55-35-19-9-20-36-55)71(68)95-77-70(93-74(82)58-41-25-12-26-42-58)65(92-73(81)57-39-23-11-24-40-57)62(91-77)50-87-72(80)56-37-21-10-22-38-56/h7-46,61-71,75-77H,47-52H2,1-6H3/t61-,62+,63-,64-,65+,66-,67+,68+,69-,70-,71-,75+,76-,77+/m1/s1. The topological polar surface area (TPSA) is 190 Å². The number of methoxy groups -OCH3 is 1. The van der Waals surface area contributed by atoms with Gasteiger partial charge in [0.2, 0.25) is 0 Å². The van der Waals surface area contributed by atoms with Crippen LogP contribution in [0.5, 0.6) is 0 Å². The summed E-state index contributed by atoms with van der Waals surface area (Å²) >= 11 is 0. The summed E-state index contributed by atoms with van der Waals surface area (Å²) in [7, 11) is -2.12. The highest BCUT2D eigenvalue weighted by atomic mass is 28.4. The summed E-state index contributed by atoms with van der Waals surface area (Å²) in [5.41, 5.74) is 3.37. The number of rotatable bonds is 27. The van der Waals surface area contributed by atoms with Gasteiger partial charge in [0, 0.05) is 7.11 Å². The lowest BCUT2D eigenvalue weighted by atomic mass is 9.97. The molecule has 0 radical (unpaired) electrons. The van der Waals surface area contributed by atoms with Crippen LogP contribution in [0.3, 0.4) is 0 Å². The van der Waals surface area contributed by atoms with E-state index in [9.17, 15) is 14.4 Å². The molecule has 14 atom stereocenters. The Labute approximate surface area is 573 Å². The molecule has 0 unspecified atom stereocenters. The lowest BCUT2D eigenvalue weighted by Gasteiger charge is -2.46. The molecule has 4 heterocycles. The SMILES string of the molecule is CO[C@H]1O[C@H](CO[C@@H]2O[C@H]([C@H]3COC(C)(C)O3)[C@H](O[Si](c3ccccc3)(c3ccccc3)C(C)(C)C)[C@H]2O[C@@H]2O[C@@H](COC(=O)c3ccccc3)[C@H](OC(=O)c3ccccc3)[C@H]2OC(=O)c2ccccc2)[C@@H](OCc2ccccc2)[C@H](OCc2ccccc2)[C@H]1OCc1ccccc1. The normalized spacial score (nSPS) is 26.1. The molecule has 4 fully saturated rings. The van der Waals surface area contributed by atoms with Gasteiger partial charge in [-0.1, -0.05) is 227 Å². The Bertz CT molecular complexity index is 3740. The predicted molar refractivity (Wildman–Crippen MR) is 364 cm³/mol. The number of benzene rings is 8. The van der Waals surface area contributed by atoms with Crippen molar-refractivity contribution >= 4 is 36.6 Å². The summed E-state index contributed by atoms with van der Waals surface area (Å²) in [6, 6.07) is 74.9. The molecule has 19 heteroatoms. The Morgan fingerprint density at radius 3 is 1.32 bits per heavy atom. The van der Waals surface area contributed by atoms with E-state index in [4.69, 9.17) is 70.7 Å². The molecule has 512 valence electrons. The highest BCUT2D eigenvalue weighted by Crippen LogP contribution is 2.45. The molecule has 0 N–H and O–H groups in total. The monoisotopic (exact) mass is 1350 g/mol. The minimum Gasteiger partial charge on any atom is -0.459 e. The van der Waals surface area contributed by atoms with Crippen LogP contribution < -0.4 is 10.4 Å². The van der Waals surface area contributed by atoms with Gasteiger partial charge in [-0.25, -0.2) is 14.4 Å². The van der Waals surface area contributed by atoms with Crippen molar-refractivity contribution in [1.82, 2.24) is 0 Å². The quantitative estimate of drug-likeness (QED) is 0.0268. The van der Waals surface area contributed by atoms with E-state index in [1.807, 2.05) is 141 Å². The molecule has 0 saturated carbocycles. The van der Waals surface area contributed by atoms with Gasteiger partial charge in [-0.15, -0.1) is 0 Å². The lowest BCUT2D eigenvalue weighted by molar-refractivity contribution is -0.330. The van der Waals surface area contributed by atoms with Crippen LogP contribution in [0.15, 0.2) is 243 Å². The highest BCUT2D eigenvalue weighted by Gasteiger charge is 2.62. The summed E-state index contributed by atoms with van der Waals surface area (Å²) in [6.45, 7) is 10.0. The molecule has 18 nitrogen and oxygen atoms in total. The van der Waals surface area contributed by atoms with E-state index in [2.05, 4.69) is 45.0 Å². The summed E-state index contributed by atoms with van der Waals surface area (Å²) in [6.07, 6.45) is -16.3. The number of carbonyl (C=O) groups excluding carboxylic acids is 3. The molecule has 98 heavy (non-hydrogen) atoms. The maximum Gasteiger partial charge on any atom is 0.338 e. The fourth-order valence-electron chi connectivity index (χ4n) is 13.1. The smallest absolute Gasteiger partial charge is 0.338 e. The van der Waals surface area contributed by atoms with Crippen LogP contribution in [0.4, 0.5) is 0 Å². The fraction of sp³-hybridized carbons (Fsp3) is 0.354. The third kappa shape index (κ3) is 16.6. The van der Waals surface area contributed by atoms with Crippen LogP contribution in [0.1, 0.15) is 82.4 Å². The molecule has 4 aliphatic heterocycles. The van der Waals surface area contributed by atoms with Crippen LogP contribution >= 0.6 is 0 Å². The van der Waals surface area contributed by atoms with Crippen molar-refractivity contribution in [2.75, 3.05) is 26.9 Å². The highest BCUT2D eigenvalue weighted by molar-refractivity contribution is 6.99. The molecule has 4 aliphatic rings. The first-order valence-electron chi connectivity index (χ1n) is 33.2. The number of esters is 3. The van der Waals surface area contributed by atoms with Crippen molar-refractivity contribution < 1.29 is 85.1 Å². The van der Waals surface area contributed by atoms with Crippen molar-refractivity contribution in [3.8, 4) is 0 Å². The van der Waals surface area contributed by atoms with Crippen molar-refractivity contribution in [3.63, 3.8) is 0 Å². The van der Waals surface area contributed by atoms with Gasteiger partial charge in [0.25, 0.3) is 8.32 Å². The van der Waals surface area contributed by atoms with Gasteiger partial charge in [-0.2, -0.15) is 0 Å². The third-order valence-electron chi connectivity index (χ3n) is 17.9. The molecular weight excluding hydrogens is 1260 g/mol. The first-order valence-corrected chi connectivity index (χ1v) is 35.1. The van der Waals surface area contributed by atoms with Gasteiger partial charge in [-0.05, 0) is 82.3 Å². The Balaban J connectivity index is 0.981. The zero-order valence-corrected chi connectivity index (χ0v) is 56.8. The average Bonchev–Trinajstić information content (AvgIpc) is 1.26. The summed E-state index contributed by atoms with van der Waals surface area (Å²) in [5, 5.41) is 1.25. The van der Waals surface area contributed by atoms with E-state index in [0.29, 0.717) is 0 Å². The second kappa shape index (κ2) is 32.3. The third-order valence-corrected chi connectivity index (χ3v) is 22.9.